The van der Waals surface area contributed by atoms with E-state index < -0.39 is 0 Å². The molecule has 1 amide bonds. The number of nitrogens with one attached hydrogen (secondary N) is 1. The van der Waals surface area contributed by atoms with Crippen LogP contribution in [0.15, 0.2) is 54.6 Å². The molecule has 3 heteroatoms. The van der Waals surface area contributed by atoms with Gasteiger partial charge in [0, 0.05) is 22.7 Å². The lowest BCUT2D eigenvalue weighted by molar-refractivity contribution is -0.120. The number of hydrogen-bond donors (Lipinski definition) is 1. The van der Waals surface area contributed by atoms with E-state index in [1.807, 2.05) is 25.1 Å². The molecule has 1 N–H and O–H groups in total. The van der Waals surface area contributed by atoms with Crippen molar-refractivity contribution in [1.29, 1.82) is 0 Å². The second kappa shape index (κ2) is 9.02. The van der Waals surface area contributed by atoms with Crippen LogP contribution in [0.2, 0.25) is 0 Å². The van der Waals surface area contributed by atoms with Gasteiger partial charge in [0.2, 0.25) is 5.91 Å². The lowest BCUT2D eigenvalue weighted by Crippen LogP contribution is -2.22. The summed E-state index contributed by atoms with van der Waals surface area (Å²) in [5.41, 5.74) is 2.02. The van der Waals surface area contributed by atoms with Crippen LogP contribution in [0.1, 0.15) is 55.5 Å². The summed E-state index contributed by atoms with van der Waals surface area (Å²) in [6, 6.07) is 16.3. The Kier molecular flexibility index (Phi) is 6.74. The zero-order valence-electron chi connectivity index (χ0n) is 14.4. The van der Waals surface area contributed by atoms with Gasteiger partial charge >= 0.3 is 0 Å². The number of unbranched alkanes of at least 4 members (excludes halogenated alkanes) is 1. The first-order valence-corrected chi connectivity index (χ1v) is 8.66. The maximum atomic E-state index is 12.4. The number of amides is 1. The first kappa shape index (κ1) is 17.9. The molecule has 0 spiro atoms. The van der Waals surface area contributed by atoms with Crippen molar-refractivity contribution in [2.24, 2.45) is 5.92 Å². The number of hydrogen-bond acceptors (Lipinski definition) is 2. The second-order valence-corrected chi connectivity index (χ2v) is 6.01. The molecule has 0 bridgehead atoms. The van der Waals surface area contributed by atoms with Gasteiger partial charge in [0.1, 0.15) is 0 Å². The zero-order chi connectivity index (χ0) is 17.4. The summed E-state index contributed by atoms with van der Waals surface area (Å²) in [5, 5.41) is 2.96. The maximum Gasteiger partial charge on any atom is 0.227 e. The van der Waals surface area contributed by atoms with Crippen molar-refractivity contribution in [3.63, 3.8) is 0 Å². The standard InChI is InChI=1S/C21H25NO2/c1-3-5-9-16(4-2)21(24)22-19-14-12-18(13-15-19)20(23)17-10-7-6-8-11-17/h6-8,10-16H,3-5,9H2,1-2H3,(H,22,24)/t16-/m0/s1. The van der Waals surface area contributed by atoms with Crippen LogP contribution in [-0.4, -0.2) is 11.7 Å². The van der Waals surface area contributed by atoms with Gasteiger partial charge in [-0.3, -0.25) is 9.59 Å². The van der Waals surface area contributed by atoms with Gasteiger partial charge in [-0.25, -0.2) is 0 Å². The van der Waals surface area contributed by atoms with Crippen molar-refractivity contribution in [3.05, 3.63) is 65.7 Å². The van der Waals surface area contributed by atoms with Crippen molar-refractivity contribution in [2.75, 3.05) is 5.32 Å². The van der Waals surface area contributed by atoms with E-state index in [-0.39, 0.29) is 17.6 Å². The molecule has 126 valence electrons. The van der Waals surface area contributed by atoms with Gasteiger partial charge < -0.3 is 5.32 Å². The van der Waals surface area contributed by atoms with Crippen LogP contribution in [0.5, 0.6) is 0 Å². The summed E-state index contributed by atoms with van der Waals surface area (Å²) in [5.74, 6) is 0.103. The SMILES string of the molecule is CCCC[C@H](CC)C(=O)Nc1ccc(C(=O)c2ccccc2)cc1. The predicted octanol–water partition coefficient (Wildman–Crippen LogP) is 5.07. The first-order chi connectivity index (χ1) is 11.7. The molecule has 0 aliphatic rings. The summed E-state index contributed by atoms with van der Waals surface area (Å²) >= 11 is 0. The molecular weight excluding hydrogens is 298 g/mol. The third-order valence-corrected chi connectivity index (χ3v) is 4.22. The number of rotatable bonds is 8. The van der Waals surface area contributed by atoms with Crippen molar-refractivity contribution in [2.45, 2.75) is 39.5 Å². The van der Waals surface area contributed by atoms with Crippen molar-refractivity contribution in [3.8, 4) is 0 Å². The molecule has 0 saturated carbocycles. The van der Waals surface area contributed by atoms with Crippen LogP contribution in [0.3, 0.4) is 0 Å². The number of benzene rings is 2. The molecule has 0 aromatic heterocycles. The lowest BCUT2D eigenvalue weighted by Gasteiger charge is -2.14. The molecule has 0 radical (unpaired) electrons. The molecule has 0 saturated heterocycles. The third-order valence-electron chi connectivity index (χ3n) is 4.22. The second-order valence-electron chi connectivity index (χ2n) is 6.01. The highest BCUT2D eigenvalue weighted by Gasteiger charge is 2.16. The summed E-state index contributed by atoms with van der Waals surface area (Å²) < 4.78 is 0. The number of ketones is 1. The van der Waals surface area contributed by atoms with E-state index in [1.165, 1.54) is 0 Å². The van der Waals surface area contributed by atoms with E-state index in [0.29, 0.717) is 11.1 Å². The van der Waals surface area contributed by atoms with E-state index in [1.54, 1.807) is 36.4 Å². The lowest BCUT2D eigenvalue weighted by atomic mass is 9.98. The molecule has 24 heavy (non-hydrogen) atoms. The van der Waals surface area contributed by atoms with Gasteiger partial charge in [0.25, 0.3) is 0 Å². The third kappa shape index (κ3) is 4.79. The molecule has 0 aliphatic carbocycles. The summed E-state index contributed by atoms with van der Waals surface area (Å²) in [6.45, 7) is 4.18. The van der Waals surface area contributed by atoms with Gasteiger partial charge in [0.15, 0.2) is 5.78 Å². The molecule has 3 nitrogen and oxygen atoms in total. The van der Waals surface area contributed by atoms with E-state index in [2.05, 4.69) is 12.2 Å². The van der Waals surface area contributed by atoms with E-state index in [4.69, 9.17) is 0 Å². The Labute approximate surface area is 144 Å². The Morgan fingerprint density at radius 2 is 1.54 bits per heavy atom. The van der Waals surface area contributed by atoms with Gasteiger partial charge in [-0.2, -0.15) is 0 Å². The Morgan fingerprint density at radius 3 is 2.12 bits per heavy atom. The molecule has 0 unspecified atom stereocenters. The molecule has 1 atom stereocenters. The van der Waals surface area contributed by atoms with Crippen LogP contribution < -0.4 is 5.32 Å². The largest absolute Gasteiger partial charge is 0.326 e. The Bertz CT molecular complexity index is 662. The average molecular weight is 323 g/mol. The Balaban J connectivity index is 2.01. The van der Waals surface area contributed by atoms with Crippen molar-refractivity contribution in [1.82, 2.24) is 0 Å². The zero-order valence-corrected chi connectivity index (χ0v) is 14.4. The van der Waals surface area contributed by atoms with E-state index in [9.17, 15) is 9.59 Å². The first-order valence-electron chi connectivity index (χ1n) is 8.66. The topological polar surface area (TPSA) is 46.2 Å². The molecule has 0 fully saturated rings. The fourth-order valence-electron chi connectivity index (χ4n) is 2.68. The van der Waals surface area contributed by atoms with Gasteiger partial charge in [0.05, 0.1) is 0 Å². The average Bonchev–Trinajstić information content (AvgIpc) is 2.63. The minimum Gasteiger partial charge on any atom is -0.326 e. The molecule has 2 rings (SSSR count). The summed E-state index contributed by atoms with van der Waals surface area (Å²) in [7, 11) is 0. The number of carbonyl (C=O) groups excluding carboxylic acids is 2. The minimum atomic E-state index is -0.0112. The molecule has 2 aromatic carbocycles. The number of carbonyl (C=O) groups is 2. The van der Waals surface area contributed by atoms with Crippen LogP contribution in [-0.2, 0) is 4.79 Å². The van der Waals surface area contributed by atoms with Crippen LogP contribution >= 0.6 is 0 Å². The molecular formula is C21H25NO2. The summed E-state index contributed by atoms with van der Waals surface area (Å²) in [6.07, 6.45) is 3.93. The van der Waals surface area contributed by atoms with Crippen LogP contribution in [0.4, 0.5) is 5.69 Å². The van der Waals surface area contributed by atoms with Crippen molar-refractivity contribution >= 4 is 17.4 Å². The quantitative estimate of drug-likeness (QED) is 0.689. The molecule has 0 heterocycles. The predicted molar refractivity (Wildman–Crippen MR) is 98.3 cm³/mol. The van der Waals surface area contributed by atoms with Gasteiger partial charge in [-0.05, 0) is 37.1 Å². The molecule has 2 aromatic rings. The van der Waals surface area contributed by atoms with Crippen LogP contribution in [0, 0.1) is 5.92 Å². The van der Waals surface area contributed by atoms with E-state index >= 15 is 0 Å². The molecule has 0 aliphatic heterocycles. The highest BCUT2D eigenvalue weighted by atomic mass is 16.2. The van der Waals surface area contributed by atoms with Gasteiger partial charge in [-0.1, -0.05) is 57.0 Å². The van der Waals surface area contributed by atoms with E-state index in [0.717, 1.165) is 31.4 Å². The van der Waals surface area contributed by atoms with Crippen molar-refractivity contribution < 1.29 is 9.59 Å². The Hall–Kier alpha value is -2.42. The highest BCUT2D eigenvalue weighted by Crippen LogP contribution is 2.18. The fourth-order valence-corrected chi connectivity index (χ4v) is 2.68. The van der Waals surface area contributed by atoms with Gasteiger partial charge in [-0.15, -0.1) is 0 Å². The Morgan fingerprint density at radius 1 is 0.917 bits per heavy atom. The highest BCUT2D eigenvalue weighted by molar-refractivity contribution is 6.09. The maximum absolute atomic E-state index is 12.4. The monoisotopic (exact) mass is 323 g/mol. The summed E-state index contributed by atoms with van der Waals surface area (Å²) in [4.78, 5) is 24.7. The van der Waals surface area contributed by atoms with Crippen LogP contribution in [0.25, 0.3) is 0 Å². The number of anilines is 1. The fraction of sp³-hybridized carbons (Fsp3) is 0.333. The smallest absolute Gasteiger partial charge is 0.227 e. The normalized spacial score (nSPS) is 11.8. The minimum absolute atomic E-state index is 0.0112.